The van der Waals surface area contributed by atoms with Gasteiger partial charge in [-0.25, -0.2) is 0 Å². The molecule has 3 unspecified atom stereocenters. The van der Waals surface area contributed by atoms with Crippen molar-refractivity contribution in [3.05, 3.63) is 47.5 Å². The summed E-state index contributed by atoms with van der Waals surface area (Å²) in [5.74, 6) is -3.47. The number of benzene rings is 2. The molecule has 4 bridgehead atoms. The number of phenols is 2. The van der Waals surface area contributed by atoms with E-state index in [1.807, 2.05) is 0 Å². The molecule has 0 aromatic heterocycles. The van der Waals surface area contributed by atoms with Gasteiger partial charge in [0.15, 0.2) is 0 Å². The van der Waals surface area contributed by atoms with E-state index in [1.54, 1.807) is 24.3 Å². The van der Waals surface area contributed by atoms with Gasteiger partial charge in [-0.1, -0.05) is 12.1 Å². The number of phenolic OH excluding ortho intramolecular Hbond substituents is 2. The minimum Gasteiger partial charge on any atom is -0.508 e. The van der Waals surface area contributed by atoms with Crippen LogP contribution in [0.15, 0.2) is 36.4 Å². The minimum absolute atomic E-state index is 0.0918. The fourth-order valence-electron chi connectivity index (χ4n) is 6.44. The van der Waals surface area contributed by atoms with Crippen molar-refractivity contribution in [2.24, 2.45) is 22.9 Å². The first kappa shape index (κ1) is 40.0. The van der Waals surface area contributed by atoms with Crippen LogP contribution in [-0.4, -0.2) is 119 Å². The fraction of sp³-hybridized carbons (Fsp3) is 0.514. The zero-order chi connectivity index (χ0) is 37.9. The number of aliphatic hydroxyl groups is 1. The predicted octanol–water partition coefficient (Wildman–Crippen LogP) is -2.84. The van der Waals surface area contributed by atoms with Crippen LogP contribution in [0.3, 0.4) is 0 Å². The number of aromatic hydroxyl groups is 2. The van der Waals surface area contributed by atoms with Gasteiger partial charge < -0.3 is 64.4 Å². The Morgan fingerprint density at radius 2 is 1.58 bits per heavy atom. The van der Waals surface area contributed by atoms with Crippen molar-refractivity contribution in [1.82, 2.24) is 26.2 Å². The maximum absolute atomic E-state index is 14.4. The van der Waals surface area contributed by atoms with Crippen LogP contribution in [0.25, 0.3) is 11.1 Å². The molecule has 6 atom stereocenters. The number of amides is 5. The zero-order valence-corrected chi connectivity index (χ0v) is 29.1. The zero-order valence-electron chi connectivity index (χ0n) is 29.1. The van der Waals surface area contributed by atoms with Crippen molar-refractivity contribution in [3.8, 4) is 22.6 Å². The molecule has 0 radical (unpaired) electrons. The van der Waals surface area contributed by atoms with Gasteiger partial charge in [-0.3, -0.25) is 24.0 Å². The summed E-state index contributed by atoms with van der Waals surface area (Å²) in [6.07, 6.45) is -0.360. The molecule has 15 N–H and O–H groups in total. The number of nitrogens with zero attached hydrogens (tertiary/aromatic N) is 1. The van der Waals surface area contributed by atoms with Gasteiger partial charge in [-0.2, -0.15) is 0 Å². The number of carbonyl (C=O) groups excluding carboxylic acids is 5. The highest BCUT2D eigenvalue weighted by molar-refractivity contribution is 5.96. The maximum Gasteiger partial charge on any atom is 0.246 e. The first-order chi connectivity index (χ1) is 24.9. The fourth-order valence-corrected chi connectivity index (χ4v) is 6.44. The lowest BCUT2D eigenvalue weighted by Crippen LogP contribution is -2.59. The van der Waals surface area contributed by atoms with Gasteiger partial charge in [0, 0.05) is 45.4 Å². The Bertz CT molecular complexity index is 1610. The molecule has 5 amide bonds. The number of rotatable bonds is 12. The van der Waals surface area contributed by atoms with E-state index in [4.69, 9.17) is 22.9 Å². The van der Waals surface area contributed by atoms with E-state index in [0.29, 0.717) is 41.6 Å². The molecule has 2 heterocycles. The summed E-state index contributed by atoms with van der Waals surface area (Å²) in [4.78, 5) is 69.4. The summed E-state index contributed by atoms with van der Waals surface area (Å²) in [6.45, 7) is 0.651. The Hall–Kier alpha value is -4.81. The molecule has 0 aliphatic carbocycles. The van der Waals surface area contributed by atoms with Crippen molar-refractivity contribution in [2.75, 3.05) is 32.7 Å². The summed E-state index contributed by atoms with van der Waals surface area (Å²) in [7, 11) is 0. The number of likely N-dealkylation sites (tertiary alicyclic amines) is 1. The summed E-state index contributed by atoms with van der Waals surface area (Å²) in [5.41, 5.74) is 24.9. The number of hydrogen-bond acceptors (Lipinski definition) is 12. The maximum atomic E-state index is 14.4. The van der Waals surface area contributed by atoms with E-state index >= 15 is 0 Å². The molecule has 17 heteroatoms. The Morgan fingerprint density at radius 1 is 0.923 bits per heavy atom. The standard InChI is InChI=1S/C35H51N9O8/c36-9-1-3-25(32(49)40-11-10-37)41-34(51)28-4-2-12-44(28)35(52)27-16-22-14-20(6-8-30(22)47)19-5-7-29(46)21(13-19)15-24(39)31(48)42-26(33(50)43-27)17-23(45)18-38/h5-8,13-14,23-28,45-47H,1-4,9-12,15-18,36-39H2,(H,40,49)(H,41,51)(H,42,48)(H,43,50)/t23-,24?,25?,26+,27?,28+/m1/s1. The molecule has 0 spiro atoms. The van der Waals surface area contributed by atoms with E-state index < -0.39 is 65.8 Å². The Labute approximate surface area is 301 Å². The molecule has 2 aliphatic heterocycles. The Morgan fingerprint density at radius 3 is 2.19 bits per heavy atom. The molecular weight excluding hydrogens is 674 g/mol. The molecular formula is C35H51N9O8. The van der Waals surface area contributed by atoms with Gasteiger partial charge >= 0.3 is 0 Å². The number of nitrogens with two attached hydrogens (primary N) is 4. The Kier molecular flexibility index (Phi) is 14.3. The summed E-state index contributed by atoms with van der Waals surface area (Å²) in [5, 5.41) is 42.6. The van der Waals surface area contributed by atoms with Crippen LogP contribution >= 0.6 is 0 Å². The molecule has 2 aliphatic rings. The first-order valence-electron chi connectivity index (χ1n) is 17.5. The first-order valence-corrected chi connectivity index (χ1v) is 17.5. The van der Waals surface area contributed by atoms with Crippen LogP contribution in [0.4, 0.5) is 0 Å². The lowest BCUT2D eigenvalue weighted by atomic mass is 9.95. The van der Waals surface area contributed by atoms with Gasteiger partial charge in [-0.05, 0) is 78.7 Å². The van der Waals surface area contributed by atoms with E-state index in [1.165, 1.54) is 17.0 Å². The lowest BCUT2D eigenvalue weighted by Gasteiger charge is -2.31. The van der Waals surface area contributed by atoms with Crippen LogP contribution in [-0.2, 0) is 36.8 Å². The third-order valence-corrected chi connectivity index (χ3v) is 9.33. The third-order valence-electron chi connectivity index (χ3n) is 9.33. The summed E-state index contributed by atoms with van der Waals surface area (Å²) >= 11 is 0. The van der Waals surface area contributed by atoms with E-state index in [2.05, 4.69) is 21.3 Å². The SMILES string of the molecule is NCCCC(NC(=O)[C@@H]1CCCN1C(=O)C1Cc2cc(ccc2O)-c2ccc(O)c(c2)CC(N)C(=O)N[C@@H](C[C@@H](O)CN)C(=O)N1)C(=O)NCCN. The van der Waals surface area contributed by atoms with E-state index in [0.717, 1.165) is 0 Å². The van der Waals surface area contributed by atoms with Crippen LogP contribution in [0.5, 0.6) is 11.5 Å². The highest BCUT2D eigenvalue weighted by atomic mass is 16.3. The second kappa shape index (κ2) is 18.6. The smallest absolute Gasteiger partial charge is 0.246 e. The Balaban J connectivity index is 1.71. The van der Waals surface area contributed by atoms with Crippen molar-refractivity contribution < 1.29 is 39.3 Å². The average Bonchev–Trinajstić information content (AvgIpc) is 3.63. The number of fused-ring (bicyclic) bond motifs is 5. The molecule has 0 saturated carbocycles. The van der Waals surface area contributed by atoms with Crippen molar-refractivity contribution >= 4 is 29.5 Å². The summed E-state index contributed by atoms with van der Waals surface area (Å²) in [6, 6.07) is 3.66. The number of carbonyl (C=O) groups is 5. The van der Waals surface area contributed by atoms with Crippen LogP contribution < -0.4 is 44.2 Å². The van der Waals surface area contributed by atoms with Gasteiger partial charge in [0.2, 0.25) is 29.5 Å². The molecule has 17 nitrogen and oxygen atoms in total. The number of hydrogen-bond donors (Lipinski definition) is 11. The number of nitrogens with one attached hydrogen (secondary N) is 4. The molecule has 284 valence electrons. The highest BCUT2D eigenvalue weighted by Crippen LogP contribution is 2.31. The molecule has 1 fully saturated rings. The van der Waals surface area contributed by atoms with Gasteiger partial charge in [0.1, 0.15) is 35.7 Å². The topological polar surface area (TPSA) is 301 Å². The monoisotopic (exact) mass is 725 g/mol. The van der Waals surface area contributed by atoms with Gasteiger partial charge in [-0.15, -0.1) is 0 Å². The van der Waals surface area contributed by atoms with Crippen molar-refractivity contribution in [3.63, 3.8) is 0 Å². The third kappa shape index (κ3) is 10.2. The predicted molar refractivity (Wildman–Crippen MR) is 191 cm³/mol. The second-order valence-corrected chi connectivity index (χ2v) is 13.2. The second-order valence-electron chi connectivity index (χ2n) is 13.2. The lowest BCUT2D eigenvalue weighted by molar-refractivity contribution is -0.142. The molecule has 1 saturated heterocycles. The quantitative estimate of drug-likeness (QED) is 0.105. The molecule has 4 rings (SSSR count). The normalized spacial score (nSPS) is 21.9. The van der Waals surface area contributed by atoms with Crippen molar-refractivity contribution in [1.29, 1.82) is 0 Å². The van der Waals surface area contributed by atoms with E-state index in [9.17, 15) is 39.3 Å². The molecule has 2 aromatic rings. The van der Waals surface area contributed by atoms with Gasteiger partial charge in [0.05, 0.1) is 12.1 Å². The largest absolute Gasteiger partial charge is 0.508 e. The van der Waals surface area contributed by atoms with Crippen LogP contribution in [0.2, 0.25) is 0 Å². The average molecular weight is 726 g/mol. The molecule has 2 aromatic carbocycles. The van der Waals surface area contributed by atoms with Crippen LogP contribution in [0.1, 0.15) is 43.2 Å². The van der Waals surface area contributed by atoms with E-state index in [-0.39, 0.29) is 69.8 Å². The molecule has 52 heavy (non-hydrogen) atoms. The highest BCUT2D eigenvalue weighted by Gasteiger charge is 2.40. The van der Waals surface area contributed by atoms with Gasteiger partial charge in [0.25, 0.3) is 0 Å². The minimum atomic E-state index is -1.38. The van der Waals surface area contributed by atoms with Crippen LogP contribution in [0, 0.1) is 0 Å². The number of aliphatic hydroxyl groups excluding tert-OH is 1. The van der Waals surface area contributed by atoms with Crippen molar-refractivity contribution in [2.45, 2.75) is 81.3 Å². The summed E-state index contributed by atoms with van der Waals surface area (Å²) < 4.78 is 0.